The highest BCUT2D eigenvalue weighted by Gasteiger charge is 2.25. The molecule has 144 valence electrons. The number of nitrogens with zero attached hydrogens (tertiary/aromatic N) is 2. The number of carboxylic acids is 1. The van der Waals surface area contributed by atoms with Gasteiger partial charge in [0.1, 0.15) is 5.58 Å². The molecule has 0 spiro atoms. The predicted molar refractivity (Wildman–Crippen MR) is 108 cm³/mol. The number of anilines is 1. The number of fused-ring (bicyclic) bond motifs is 1. The van der Waals surface area contributed by atoms with Crippen molar-refractivity contribution in [3.8, 4) is 0 Å². The van der Waals surface area contributed by atoms with Crippen molar-refractivity contribution in [1.29, 1.82) is 0 Å². The van der Waals surface area contributed by atoms with Gasteiger partial charge in [-0.3, -0.25) is 4.79 Å². The van der Waals surface area contributed by atoms with Gasteiger partial charge in [0.05, 0.1) is 10.7 Å². The molecule has 0 aliphatic carbocycles. The molecule has 1 N–H and O–H groups in total. The zero-order valence-electron chi connectivity index (χ0n) is 14.7. The Hall–Kier alpha value is -2.70. The van der Waals surface area contributed by atoms with Crippen LogP contribution in [0.3, 0.4) is 0 Å². The zero-order valence-corrected chi connectivity index (χ0v) is 16.2. The first-order valence-electron chi connectivity index (χ1n) is 8.69. The molecule has 0 atom stereocenters. The average molecular weight is 419 g/mol. The fraction of sp³-hybridized carbons (Fsp3) is 0.200. The summed E-state index contributed by atoms with van der Waals surface area (Å²) in [4.78, 5) is 27.6. The van der Waals surface area contributed by atoms with Crippen LogP contribution in [0.25, 0.3) is 11.0 Å². The van der Waals surface area contributed by atoms with E-state index in [9.17, 15) is 9.59 Å². The number of hydrogen-bond donors (Lipinski definition) is 1. The Morgan fingerprint density at radius 1 is 1.00 bits per heavy atom. The summed E-state index contributed by atoms with van der Waals surface area (Å²) < 4.78 is 5.29. The van der Waals surface area contributed by atoms with Gasteiger partial charge >= 0.3 is 5.97 Å². The molecule has 1 aliphatic heterocycles. The van der Waals surface area contributed by atoms with E-state index in [2.05, 4.69) is 4.90 Å². The number of carbonyl (C=O) groups is 2. The van der Waals surface area contributed by atoms with Crippen LogP contribution in [0.4, 0.5) is 5.69 Å². The number of carboxylic acid groups (broad SMARTS) is 1. The van der Waals surface area contributed by atoms with Crippen LogP contribution in [0, 0.1) is 0 Å². The Morgan fingerprint density at radius 3 is 2.43 bits per heavy atom. The van der Waals surface area contributed by atoms with Crippen molar-refractivity contribution in [2.24, 2.45) is 0 Å². The summed E-state index contributed by atoms with van der Waals surface area (Å²) in [6.07, 6.45) is 0. The quantitative estimate of drug-likeness (QED) is 0.681. The van der Waals surface area contributed by atoms with Crippen LogP contribution >= 0.6 is 23.2 Å². The molecule has 0 bridgehead atoms. The minimum atomic E-state index is -1.14. The average Bonchev–Trinajstić information content (AvgIpc) is 3.14. The van der Waals surface area contributed by atoms with Gasteiger partial charge in [0.15, 0.2) is 0 Å². The van der Waals surface area contributed by atoms with Crippen molar-refractivity contribution in [1.82, 2.24) is 4.90 Å². The van der Waals surface area contributed by atoms with Gasteiger partial charge in [0.2, 0.25) is 5.76 Å². The van der Waals surface area contributed by atoms with E-state index in [0.29, 0.717) is 52.8 Å². The number of benzene rings is 2. The molecule has 0 saturated carbocycles. The second-order valence-electron chi connectivity index (χ2n) is 6.52. The summed E-state index contributed by atoms with van der Waals surface area (Å²) in [5.41, 5.74) is 1.79. The Bertz CT molecular complexity index is 1070. The summed E-state index contributed by atoms with van der Waals surface area (Å²) in [7, 11) is 0. The molecular weight excluding hydrogens is 403 g/mol. The summed E-state index contributed by atoms with van der Waals surface area (Å²) >= 11 is 12.5. The first kappa shape index (κ1) is 18.7. The number of amides is 1. The standard InChI is InChI=1S/C20H16Cl2N2O4/c21-13-3-1-2-12(10-13)19(25)24-8-6-23(7-9-24)15-4-5-16-14(18(15)22)11-17(28-16)20(26)27/h1-5,10-11H,6-9H2,(H,26,27). The SMILES string of the molecule is O=C(O)c1cc2c(Cl)c(N3CCN(C(=O)c4cccc(Cl)c4)CC3)ccc2o1. The zero-order chi connectivity index (χ0) is 19.8. The van der Waals surface area contributed by atoms with E-state index in [1.54, 1.807) is 35.2 Å². The van der Waals surface area contributed by atoms with E-state index in [4.69, 9.17) is 32.7 Å². The molecule has 4 rings (SSSR count). The highest BCUT2D eigenvalue weighted by Crippen LogP contribution is 2.35. The molecule has 6 nitrogen and oxygen atoms in total. The van der Waals surface area contributed by atoms with Crippen molar-refractivity contribution in [3.63, 3.8) is 0 Å². The summed E-state index contributed by atoms with van der Waals surface area (Å²) in [6.45, 7) is 2.32. The van der Waals surface area contributed by atoms with Gasteiger partial charge in [-0.25, -0.2) is 4.79 Å². The van der Waals surface area contributed by atoms with Crippen molar-refractivity contribution in [3.05, 3.63) is 63.8 Å². The van der Waals surface area contributed by atoms with Crippen LogP contribution in [0.5, 0.6) is 0 Å². The van der Waals surface area contributed by atoms with Gasteiger partial charge in [0, 0.05) is 48.2 Å². The Morgan fingerprint density at radius 2 is 1.75 bits per heavy atom. The highest BCUT2D eigenvalue weighted by atomic mass is 35.5. The maximum atomic E-state index is 12.7. The van der Waals surface area contributed by atoms with Crippen LogP contribution in [0.15, 0.2) is 46.9 Å². The first-order valence-corrected chi connectivity index (χ1v) is 9.45. The molecule has 0 radical (unpaired) electrons. The van der Waals surface area contributed by atoms with Gasteiger partial charge < -0.3 is 19.3 Å². The molecule has 1 aromatic heterocycles. The highest BCUT2D eigenvalue weighted by molar-refractivity contribution is 6.38. The summed E-state index contributed by atoms with van der Waals surface area (Å²) in [5.74, 6) is -1.34. The van der Waals surface area contributed by atoms with Gasteiger partial charge in [-0.1, -0.05) is 29.3 Å². The molecule has 2 heterocycles. The largest absolute Gasteiger partial charge is 0.475 e. The predicted octanol–water partition coefficient (Wildman–Crippen LogP) is 4.40. The maximum Gasteiger partial charge on any atom is 0.371 e. The number of aromatic carboxylic acids is 1. The third-order valence-corrected chi connectivity index (χ3v) is 5.44. The smallest absolute Gasteiger partial charge is 0.371 e. The first-order chi connectivity index (χ1) is 13.4. The molecule has 8 heteroatoms. The normalized spacial score (nSPS) is 14.5. The summed E-state index contributed by atoms with van der Waals surface area (Å²) in [6, 6.07) is 11.9. The van der Waals surface area contributed by atoms with E-state index in [1.807, 2.05) is 6.07 Å². The van der Waals surface area contributed by atoms with Crippen LogP contribution in [-0.2, 0) is 0 Å². The van der Waals surface area contributed by atoms with Gasteiger partial charge in [-0.15, -0.1) is 0 Å². The van der Waals surface area contributed by atoms with E-state index < -0.39 is 5.97 Å². The molecular formula is C20H16Cl2N2O4. The topological polar surface area (TPSA) is 74.0 Å². The van der Waals surface area contributed by atoms with Crippen LogP contribution < -0.4 is 4.90 Å². The lowest BCUT2D eigenvalue weighted by molar-refractivity contribution is 0.0664. The number of hydrogen-bond acceptors (Lipinski definition) is 4. The van der Waals surface area contributed by atoms with E-state index in [1.165, 1.54) is 6.07 Å². The van der Waals surface area contributed by atoms with Crippen LogP contribution in [-0.4, -0.2) is 48.1 Å². The number of carbonyl (C=O) groups excluding carboxylic acids is 1. The Kier molecular flexibility index (Phi) is 4.91. The lowest BCUT2D eigenvalue weighted by Crippen LogP contribution is -2.48. The van der Waals surface area contributed by atoms with Crippen LogP contribution in [0.1, 0.15) is 20.9 Å². The monoisotopic (exact) mass is 418 g/mol. The number of furan rings is 1. The molecule has 2 aromatic carbocycles. The maximum absolute atomic E-state index is 12.7. The van der Waals surface area contributed by atoms with Crippen molar-refractivity contribution < 1.29 is 19.1 Å². The lowest BCUT2D eigenvalue weighted by atomic mass is 10.1. The van der Waals surface area contributed by atoms with E-state index >= 15 is 0 Å². The van der Waals surface area contributed by atoms with Crippen molar-refractivity contribution >= 4 is 51.7 Å². The van der Waals surface area contributed by atoms with Gasteiger partial charge in [-0.05, 0) is 30.3 Å². The number of rotatable bonds is 3. The van der Waals surface area contributed by atoms with Crippen molar-refractivity contribution in [2.75, 3.05) is 31.1 Å². The van der Waals surface area contributed by atoms with Crippen LogP contribution in [0.2, 0.25) is 10.0 Å². The minimum Gasteiger partial charge on any atom is -0.475 e. The lowest BCUT2D eigenvalue weighted by Gasteiger charge is -2.36. The second-order valence-corrected chi connectivity index (χ2v) is 7.33. The Balaban J connectivity index is 1.51. The molecule has 1 saturated heterocycles. The van der Waals surface area contributed by atoms with Gasteiger partial charge in [0.25, 0.3) is 5.91 Å². The summed E-state index contributed by atoms with van der Waals surface area (Å²) in [5, 5.41) is 10.6. The Labute approximate surface area is 170 Å². The molecule has 28 heavy (non-hydrogen) atoms. The molecule has 3 aromatic rings. The number of halogens is 2. The third-order valence-electron chi connectivity index (χ3n) is 4.80. The number of piperazine rings is 1. The van der Waals surface area contributed by atoms with E-state index in [0.717, 1.165) is 5.69 Å². The molecule has 1 amide bonds. The fourth-order valence-electron chi connectivity index (χ4n) is 3.37. The van der Waals surface area contributed by atoms with Crippen molar-refractivity contribution in [2.45, 2.75) is 0 Å². The third kappa shape index (κ3) is 3.41. The second kappa shape index (κ2) is 7.37. The van der Waals surface area contributed by atoms with Gasteiger partial charge in [-0.2, -0.15) is 0 Å². The van der Waals surface area contributed by atoms with E-state index in [-0.39, 0.29) is 11.7 Å². The molecule has 1 aliphatic rings. The molecule has 1 fully saturated rings. The molecule has 0 unspecified atom stereocenters. The fourth-order valence-corrected chi connectivity index (χ4v) is 3.89. The minimum absolute atomic E-state index is 0.0513.